The van der Waals surface area contributed by atoms with Crippen LogP contribution in [-0.2, 0) is 6.54 Å². The molecule has 2 nitrogen and oxygen atoms in total. The highest BCUT2D eigenvalue weighted by Gasteiger charge is 2.07. The lowest BCUT2D eigenvalue weighted by Crippen LogP contribution is -2.18. The van der Waals surface area contributed by atoms with Gasteiger partial charge in [-0.05, 0) is 31.0 Å². The maximum Gasteiger partial charge on any atom is 0.0603 e. The van der Waals surface area contributed by atoms with Crippen LogP contribution < -0.4 is 10.6 Å². The van der Waals surface area contributed by atoms with Gasteiger partial charge < -0.3 is 10.6 Å². The lowest BCUT2D eigenvalue weighted by Gasteiger charge is -2.22. The Morgan fingerprint density at radius 3 is 2.50 bits per heavy atom. The molecule has 94 valence electrons. The number of rotatable bonds is 3. The molecule has 0 aromatic heterocycles. The van der Waals surface area contributed by atoms with Crippen LogP contribution in [0.3, 0.4) is 0 Å². The number of nitrogens with two attached hydrogens (primary N) is 1. The summed E-state index contributed by atoms with van der Waals surface area (Å²) in [7, 11) is 2.08. The molecule has 2 aromatic rings. The Balaban J connectivity index is 2.22. The highest BCUT2D eigenvalue weighted by atomic mass is 15.1. The van der Waals surface area contributed by atoms with Gasteiger partial charge in [0.2, 0.25) is 0 Å². The van der Waals surface area contributed by atoms with Crippen LogP contribution in [-0.4, -0.2) is 7.05 Å². The molecule has 0 amide bonds. The first-order valence-corrected chi connectivity index (χ1v) is 6.19. The van der Waals surface area contributed by atoms with E-state index in [1.807, 2.05) is 19.1 Å². The summed E-state index contributed by atoms with van der Waals surface area (Å²) in [6.45, 7) is 5.03. The van der Waals surface area contributed by atoms with E-state index < -0.39 is 0 Å². The SMILES string of the molecule is Cc1cccc(CN(C)c2cccc(C)c2N)c1. The molecule has 0 saturated heterocycles. The van der Waals surface area contributed by atoms with Gasteiger partial charge in [0.05, 0.1) is 11.4 Å². The van der Waals surface area contributed by atoms with Gasteiger partial charge in [-0.2, -0.15) is 0 Å². The van der Waals surface area contributed by atoms with E-state index in [1.165, 1.54) is 11.1 Å². The Morgan fingerprint density at radius 1 is 1.06 bits per heavy atom. The zero-order chi connectivity index (χ0) is 13.1. The Labute approximate surface area is 109 Å². The summed E-state index contributed by atoms with van der Waals surface area (Å²) < 4.78 is 0. The van der Waals surface area contributed by atoms with Crippen molar-refractivity contribution >= 4 is 11.4 Å². The number of nitrogens with zero attached hydrogens (tertiary/aromatic N) is 1. The minimum Gasteiger partial charge on any atom is -0.397 e. The van der Waals surface area contributed by atoms with Gasteiger partial charge in [0.15, 0.2) is 0 Å². The topological polar surface area (TPSA) is 29.3 Å². The number of hydrogen-bond donors (Lipinski definition) is 1. The quantitative estimate of drug-likeness (QED) is 0.832. The standard InChI is InChI=1S/C16H20N2/c1-12-6-4-8-14(10-12)11-18(3)15-9-5-7-13(2)16(15)17/h4-10H,11,17H2,1-3H3. The summed E-state index contributed by atoms with van der Waals surface area (Å²) in [5.74, 6) is 0. The second-order valence-corrected chi connectivity index (χ2v) is 4.85. The van der Waals surface area contributed by atoms with Crippen molar-refractivity contribution in [1.29, 1.82) is 0 Å². The molecule has 2 heteroatoms. The van der Waals surface area contributed by atoms with Crippen LogP contribution in [0.5, 0.6) is 0 Å². The van der Waals surface area contributed by atoms with Gasteiger partial charge in [-0.25, -0.2) is 0 Å². The van der Waals surface area contributed by atoms with E-state index in [-0.39, 0.29) is 0 Å². The lowest BCUT2D eigenvalue weighted by molar-refractivity contribution is 0.922. The van der Waals surface area contributed by atoms with Crippen molar-refractivity contribution in [3.05, 3.63) is 59.2 Å². The summed E-state index contributed by atoms with van der Waals surface area (Å²) in [5.41, 5.74) is 11.8. The van der Waals surface area contributed by atoms with Crippen LogP contribution in [0, 0.1) is 13.8 Å². The van der Waals surface area contributed by atoms with Crippen molar-refractivity contribution in [3.63, 3.8) is 0 Å². The van der Waals surface area contributed by atoms with Crippen LogP contribution >= 0.6 is 0 Å². The summed E-state index contributed by atoms with van der Waals surface area (Å²) >= 11 is 0. The third-order valence-electron chi connectivity index (χ3n) is 3.21. The first kappa shape index (κ1) is 12.5. The van der Waals surface area contributed by atoms with E-state index in [2.05, 4.69) is 49.2 Å². The Kier molecular flexibility index (Phi) is 3.56. The third kappa shape index (κ3) is 2.65. The number of hydrogen-bond acceptors (Lipinski definition) is 2. The Morgan fingerprint density at radius 2 is 1.78 bits per heavy atom. The smallest absolute Gasteiger partial charge is 0.0603 e. The fourth-order valence-corrected chi connectivity index (χ4v) is 2.17. The normalized spacial score (nSPS) is 10.4. The Hall–Kier alpha value is -1.96. The van der Waals surface area contributed by atoms with E-state index in [4.69, 9.17) is 5.73 Å². The molecule has 0 saturated carbocycles. The van der Waals surface area contributed by atoms with E-state index in [0.717, 1.165) is 23.5 Å². The molecule has 0 bridgehead atoms. The van der Waals surface area contributed by atoms with E-state index in [0.29, 0.717) is 0 Å². The van der Waals surface area contributed by atoms with Crippen LogP contribution in [0.1, 0.15) is 16.7 Å². The molecule has 0 aliphatic heterocycles. The molecule has 2 aromatic carbocycles. The highest BCUT2D eigenvalue weighted by molar-refractivity contribution is 5.70. The average Bonchev–Trinajstić information content (AvgIpc) is 2.32. The van der Waals surface area contributed by atoms with Crippen molar-refractivity contribution < 1.29 is 0 Å². The maximum atomic E-state index is 6.13. The molecule has 0 unspecified atom stereocenters. The molecule has 2 N–H and O–H groups in total. The van der Waals surface area contributed by atoms with Crippen molar-refractivity contribution in [2.45, 2.75) is 20.4 Å². The summed E-state index contributed by atoms with van der Waals surface area (Å²) in [5, 5.41) is 0. The molecule has 0 aliphatic rings. The van der Waals surface area contributed by atoms with Gasteiger partial charge in [-0.15, -0.1) is 0 Å². The van der Waals surface area contributed by atoms with Gasteiger partial charge in [0.25, 0.3) is 0 Å². The van der Waals surface area contributed by atoms with Crippen molar-refractivity contribution in [1.82, 2.24) is 0 Å². The number of para-hydroxylation sites is 1. The molecule has 0 atom stereocenters. The number of nitrogen functional groups attached to an aromatic ring is 1. The molecular formula is C16H20N2. The van der Waals surface area contributed by atoms with Crippen LogP contribution in [0.4, 0.5) is 11.4 Å². The zero-order valence-electron chi connectivity index (χ0n) is 11.3. The van der Waals surface area contributed by atoms with Gasteiger partial charge in [0.1, 0.15) is 0 Å². The van der Waals surface area contributed by atoms with Crippen molar-refractivity contribution in [2.75, 3.05) is 17.7 Å². The number of benzene rings is 2. The highest BCUT2D eigenvalue weighted by Crippen LogP contribution is 2.26. The Bertz CT molecular complexity index is 547. The first-order chi connectivity index (χ1) is 8.58. The predicted molar refractivity (Wildman–Crippen MR) is 78.9 cm³/mol. The van der Waals surface area contributed by atoms with E-state index >= 15 is 0 Å². The van der Waals surface area contributed by atoms with Crippen LogP contribution in [0.15, 0.2) is 42.5 Å². The van der Waals surface area contributed by atoms with Crippen molar-refractivity contribution in [3.8, 4) is 0 Å². The molecule has 0 fully saturated rings. The number of aryl methyl sites for hydroxylation is 2. The van der Waals surface area contributed by atoms with E-state index in [1.54, 1.807) is 0 Å². The molecule has 0 radical (unpaired) electrons. The minimum atomic E-state index is 0.868. The fraction of sp³-hybridized carbons (Fsp3) is 0.250. The van der Waals surface area contributed by atoms with Gasteiger partial charge >= 0.3 is 0 Å². The second kappa shape index (κ2) is 5.13. The molecule has 2 rings (SSSR count). The molecule has 0 aliphatic carbocycles. The van der Waals surface area contributed by atoms with Gasteiger partial charge in [0, 0.05) is 13.6 Å². The predicted octanol–water partition coefficient (Wildman–Crippen LogP) is 3.52. The van der Waals surface area contributed by atoms with Gasteiger partial charge in [-0.1, -0.05) is 42.0 Å². The largest absolute Gasteiger partial charge is 0.397 e. The average molecular weight is 240 g/mol. The zero-order valence-corrected chi connectivity index (χ0v) is 11.3. The third-order valence-corrected chi connectivity index (χ3v) is 3.21. The summed E-state index contributed by atoms with van der Waals surface area (Å²) in [4.78, 5) is 2.19. The molecule has 18 heavy (non-hydrogen) atoms. The van der Waals surface area contributed by atoms with E-state index in [9.17, 15) is 0 Å². The molecular weight excluding hydrogens is 220 g/mol. The van der Waals surface area contributed by atoms with Gasteiger partial charge in [-0.3, -0.25) is 0 Å². The molecule has 0 spiro atoms. The first-order valence-electron chi connectivity index (χ1n) is 6.19. The summed E-state index contributed by atoms with van der Waals surface area (Å²) in [6, 6.07) is 14.7. The van der Waals surface area contributed by atoms with Crippen molar-refractivity contribution in [2.24, 2.45) is 0 Å². The monoisotopic (exact) mass is 240 g/mol. The minimum absolute atomic E-state index is 0.868. The lowest BCUT2D eigenvalue weighted by atomic mass is 10.1. The summed E-state index contributed by atoms with van der Waals surface area (Å²) in [6.07, 6.45) is 0. The van der Waals surface area contributed by atoms with Crippen LogP contribution in [0.2, 0.25) is 0 Å². The fourth-order valence-electron chi connectivity index (χ4n) is 2.17. The maximum absolute atomic E-state index is 6.13. The molecule has 0 heterocycles. The second-order valence-electron chi connectivity index (χ2n) is 4.85. The van der Waals surface area contributed by atoms with Crippen LogP contribution in [0.25, 0.3) is 0 Å². The number of anilines is 2.